The Bertz CT molecular complexity index is 832. The number of amidine groups is 2. The zero-order valence-electron chi connectivity index (χ0n) is 20.3. The molecule has 2 aliphatic rings. The van der Waals surface area contributed by atoms with E-state index in [-0.39, 0.29) is 24.5 Å². The molecule has 1 aromatic carbocycles. The van der Waals surface area contributed by atoms with Gasteiger partial charge in [-0.05, 0) is 49.9 Å². The van der Waals surface area contributed by atoms with Gasteiger partial charge in [-0.3, -0.25) is 15.1 Å². The Hall–Kier alpha value is -2.45. The maximum Gasteiger partial charge on any atom is 0.240 e. The van der Waals surface area contributed by atoms with Crippen molar-refractivity contribution in [1.82, 2.24) is 15.1 Å². The number of amides is 1. The minimum absolute atomic E-state index is 0.123. The lowest BCUT2D eigenvalue weighted by Gasteiger charge is -2.36. The molecule has 2 fully saturated rings. The maximum atomic E-state index is 12.4. The molecule has 2 atom stereocenters. The van der Waals surface area contributed by atoms with Gasteiger partial charge in [-0.25, -0.2) is 4.99 Å². The van der Waals surface area contributed by atoms with Crippen LogP contribution < -0.4 is 11.1 Å². The van der Waals surface area contributed by atoms with E-state index in [1.54, 1.807) is 0 Å². The van der Waals surface area contributed by atoms with Gasteiger partial charge in [0.15, 0.2) is 0 Å². The second kappa shape index (κ2) is 12.1. The maximum absolute atomic E-state index is 12.4. The van der Waals surface area contributed by atoms with Crippen LogP contribution in [0.3, 0.4) is 0 Å². The molecule has 1 aromatic rings. The van der Waals surface area contributed by atoms with Crippen LogP contribution >= 0.6 is 0 Å². The van der Waals surface area contributed by atoms with Crippen LogP contribution in [0.25, 0.3) is 0 Å². The quantitative estimate of drug-likeness (QED) is 0.351. The first-order valence-corrected chi connectivity index (χ1v) is 12.3. The van der Waals surface area contributed by atoms with Crippen LogP contribution in [0, 0.1) is 11.3 Å². The van der Waals surface area contributed by atoms with Gasteiger partial charge in [0.1, 0.15) is 23.9 Å². The zero-order valence-corrected chi connectivity index (χ0v) is 20.3. The zero-order chi connectivity index (χ0) is 23.8. The highest BCUT2D eigenvalue weighted by atomic mass is 16.5. The highest BCUT2D eigenvalue weighted by Gasteiger charge is 2.33. The molecule has 2 aliphatic heterocycles. The predicted molar refractivity (Wildman–Crippen MR) is 132 cm³/mol. The largest absolute Gasteiger partial charge is 0.386 e. The molecular formula is C25H40N6O2. The van der Waals surface area contributed by atoms with Crippen molar-refractivity contribution in [3.8, 4) is 0 Å². The molecule has 0 saturated carbocycles. The standard InChI is InChI=1S/C25H40N6O2/c1-4-19(5-2)17-33-18(3)28-25-23(24(26)27)29-22(32)16-31(25)15-21-10-8-9-20(13-21)14-30-11-6-7-12-30/h8-10,13,18-19,23H,4-7,11-12,14-17H2,1-3H3,(H3,26,27)(H,29,32). The van der Waals surface area contributed by atoms with E-state index >= 15 is 0 Å². The van der Waals surface area contributed by atoms with Gasteiger partial charge in [-0.15, -0.1) is 0 Å². The molecule has 0 spiro atoms. The summed E-state index contributed by atoms with van der Waals surface area (Å²) >= 11 is 0. The number of hydrogen-bond donors (Lipinski definition) is 3. The number of likely N-dealkylation sites (tertiary alicyclic amines) is 1. The van der Waals surface area contributed by atoms with Crippen molar-refractivity contribution in [1.29, 1.82) is 5.41 Å². The lowest BCUT2D eigenvalue weighted by Crippen LogP contribution is -2.62. The summed E-state index contributed by atoms with van der Waals surface area (Å²) in [5.41, 5.74) is 8.24. The first-order valence-electron chi connectivity index (χ1n) is 12.3. The SMILES string of the molecule is CCC(CC)COC(C)N=C1C(C(=N)N)NC(=O)CN1Cc1cccc(CN2CCCC2)c1. The normalized spacial score (nSPS) is 21.6. The van der Waals surface area contributed by atoms with Gasteiger partial charge < -0.3 is 20.7 Å². The number of aliphatic imine (C=N–C) groups is 1. The van der Waals surface area contributed by atoms with E-state index < -0.39 is 6.04 Å². The van der Waals surface area contributed by atoms with Crippen LogP contribution in [0.4, 0.5) is 0 Å². The Balaban J connectivity index is 1.76. The van der Waals surface area contributed by atoms with Gasteiger partial charge in [0, 0.05) is 13.1 Å². The first-order chi connectivity index (χ1) is 15.9. The van der Waals surface area contributed by atoms with Crippen LogP contribution in [-0.2, 0) is 22.6 Å². The molecule has 2 unspecified atom stereocenters. The second-order valence-electron chi connectivity index (χ2n) is 9.22. The van der Waals surface area contributed by atoms with Crippen molar-refractivity contribution in [2.75, 3.05) is 26.2 Å². The predicted octanol–water partition coefficient (Wildman–Crippen LogP) is 2.72. The van der Waals surface area contributed by atoms with Crippen molar-refractivity contribution >= 4 is 17.6 Å². The van der Waals surface area contributed by atoms with E-state index in [2.05, 4.69) is 48.3 Å². The number of ether oxygens (including phenoxy) is 1. The summed E-state index contributed by atoms with van der Waals surface area (Å²) in [6.07, 6.45) is 4.28. The lowest BCUT2D eigenvalue weighted by molar-refractivity contribution is -0.122. The Labute approximate surface area is 198 Å². The third-order valence-corrected chi connectivity index (χ3v) is 6.54. The number of nitrogens with zero attached hydrogens (tertiary/aromatic N) is 3. The molecule has 8 nitrogen and oxygen atoms in total. The topological polar surface area (TPSA) is 107 Å². The summed E-state index contributed by atoms with van der Waals surface area (Å²) in [6.45, 7) is 10.8. The molecule has 33 heavy (non-hydrogen) atoms. The van der Waals surface area contributed by atoms with Crippen LogP contribution in [0.2, 0.25) is 0 Å². The summed E-state index contributed by atoms with van der Waals surface area (Å²) in [5.74, 6) is 0.801. The molecule has 8 heteroatoms. The van der Waals surface area contributed by atoms with Crippen LogP contribution in [0.5, 0.6) is 0 Å². The van der Waals surface area contributed by atoms with E-state index in [0.29, 0.717) is 24.9 Å². The lowest BCUT2D eigenvalue weighted by atomic mass is 10.1. The van der Waals surface area contributed by atoms with E-state index in [1.165, 1.54) is 18.4 Å². The Morgan fingerprint density at radius 3 is 2.55 bits per heavy atom. The number of nitrogens with two attached hydrogens (primary N) is 1. The minimum Gasteiger partial charge on any atom is -0.386 e. The van der Waals surface area contributed by atoms with Gasteiger partial charge in [0.05, 0.1) is 13.2 Å². The summed E-state index contributed by atoms with van der Waals surface area (Å²) < 4.78 is 5.99. The van der Waals surface area contributed by atoms with Crippen LogP contribution in [-0.4, -0.2) is 65.9 Å². The smallest absolute Gasteiger partial charge is 0.240 e. The molecular weight excluding hydrogens is 416 g/mol. The Morgan fingerprint density at radius 1 is 1.24 bits per heavy atom. The molecule has 2 heterocycles. The van der Waals surface area contributed by atoms with Crippen molar-refractivity contribution < 1.29 is 9.53 Å². The monoisotopic (exact) mass is 456 g/mol. The van der Waals surface area contributed by atoms with E-state index in [9.17, 15) is 4.79 Å². The Morgan fingerprint density at radius 2 is 1.91 bits per heavy atom. The fourth-order valence-electron chi connectivity index (χ4n) is 4.49. The first kappa shape index (κ1) is 25.2. The number of benzene rings is 1. The molecule has 0 radical (unpaired) electrons. The third-order valence-electron chi connectivity index (χ3n) is 6.54. The highest BCUT2D eigenvalue weighted by Crippen LogP contribution is 2.17. The van der Waals surface area contributed by atoms with Crippen molar-refractivity contribution in [3.05, 3.63) is 35.4 Å². The van der Waals surface area contributed by atoms with Gasteiger partial charge in [-0.1, -0.05) is 51.0 Å². The van der Waals surface area contributed by atoms with Crippen molar-refractivity contribution in [3.63, 3.8) is 0 Å². The van der Waals surface area contributed by atoms with Crippen molar-refractivity contribution in [2.24, 2.45) is 16.6 Å². The molecule has 0 aromatic heterocycles. The number of rotatable bonds is 11. The molecule has 2 saturated heterocycles. The van der Waals surface area contributed by atoms with Crippen molar-refractivity contribution in [2.45, 2.75) is 71.8 Å². The number of carbonyl (C=O) groups is 1. The van der Waals surface area contributed by atoms with E-state index in [1.807, 2.05) is 11.8 Å². The summed E-state index contributed by atoms with van der Waals surface area (Å²) in [5, 5.41) is 10.8. The molecule has 4 N–H and O–H groups in total. The number of hydrogen-bond acceptors (Lipinski definition) is 5. The van der Waals surface area contributed by atoms with Gasteiger partial charge in [0.25, 0.3) is 0 Å². The van der Waals surface area contributed by atoms with Crippen LogP contribution in [0.1, 0.15) is 57.6 Å². The number of piperazine rings is 1. The molecule has 0 aliphatic carbocycles. The van der Waals surface area contributed by atoms with E-state index in [0.717, 1.165) is 38.0 Å². The number of carbonyl (C=O) groups excluding carboxylic acids is 1. The number of nitrogens with one attached hydrogen (secondary N) is 2. The molecule has 182 valence electrons. The van der Waals surface area contributed by atoms with Crippen LogP contribution in [0.15, 0.2) is 29.3 Å². The van der Waals surface area contributed by atoms with Gasteiger partial charge in [0.2, 0.25) is 5.91 Å². The average molecular weight is 457 g/mol. The summed E-state index contributed by atoms with van der Waals surface area (Å²) in [7, 11) is 0. The van der Waals surface area contributed by atoms with E-state index in [4.69, 9.17) is 20.9 Å². The molecule has 3 rings (SSSR count). The highest BCUT2D eigenvalue weighted by molar-refractivity contribution is 6.12. The summed E-state index contributed by atoms with van der Waals surface area (Å²) in [6, 6.07) is 7.78. The molecule has 0 bridgehead atoms. The fraction of sp³-hybridized carbons (Fsp3) is 0.640. The minimum atomic E-state index is -0.738. The third kappa shape index (κ3) is 7.27. The summed E-state index contributed by atoms with van der Waals surface area (Å²) in [4.78, 5) is 21.6. The van der Waals surface area contributed by atoms with Gasteiger partial charge >= 0.3 is 0 Å². The fourth-order valence-corrected chi connectivity index (χ4v) is 4.49. The Kier molecular flexibility index (Phi) is 9.26. The second-order valence-corrected chi connectivity index (χ2v) is 9.22. The van der Waals surface area contributed by atoms with Gasteiger partial charge in [-0.2, -0.15) is 0 Å². The average Bonchev–Trinajstić information content (AvgIpc) is 3.29. The molecule has 1 amide bonds.